The number of rotatable bonds is 12. The second-order valence-electron chi connectivity index (χ2n) is 6.84. The van der Waals surface area contributed by atoms with Crippen molar-refractivity contribution in [1.29, 1.82) is 0 Å². The van der Waals surface area contributed by atoms with Crippen molar-refractivity contribution in [2.24, 2.45) is 5.92 Å². The highest BCUT2D eigenvalue weighted by atomic mass is 32.2. The van der Waals surface area contributed by atoms with Gasteiger partial charge in [0, 0.05) is 17.9 Å². The Morgan fingerprint density at radius 3 is 2.29 bits per heavy atom. The van der Waals surface area contributed by atoms with E-state index < -0.39 is 11.2 Å². The van der Waals surface area contributed by atoms with Gasteiger partial charge in [0.15, 0.2) is 0 Å². The average Bonchev–Trinajstić information content (AvgIpc) is 2.71. The smallest absolute Gasteiger partial charge is 0.224 e. The van der Waals surface area contributed by atoms with Crippen LogP contribution in [0.25, 0.3) is 0 Å². The van der Waals surface area contributed by atoms with E-state index in [0.717, 1.165) is 11.3 Å². The molecule has 0 heterocycles. The predicted molar refractivity (Wildman–Crippen MR) is 119 cm³/mol. The Hall–Kier alpha value is -1.47. The molecule has 0 saturated carbocycles. The molecular weight excluding hydrogens is 390 g/mol. The molecule has 2 N–H and O–H groups in total. The van der Waals surface area contributed by atoms with E-state index in [9.17, 15) is 14.5 Å². The number of aliphatic hydroxyl groups is 1. The number of amides is 1. The molecule has 0 aliphatic carbocycles. The number of hydrogen-bond donors (Lipinski definition) is 2. The molecule has 0 aliphatic heterocycles. The number of nitrogens with one attached hydrogen (secondary N) is 1. The Kier molecular flexibility index (Phi) is 10.5. The van der Waals surface area contributed by atoms with Crippen molar-refractivity contribution in [3.63, 3.8) is 0 Å². The third-order valence-corrected chi connectivity index (χ3v) is 6.43. The van der Waals surface area contributed by atoms with E-state index in [1.54, 1.807) is 18.0 Å². The second-order valence-corrected chi connectivity index (χ2v) is 9.43. The first-order valence-corrected chi connectivity index (χ1v) is 12.3. The fraction of sp³-hybridized carbons (Fsp3) is 0.409. The molecule has 0 radical (unpaired) electrons. The van der Waals surface area contributed by atoms with Gasteiger partial charge in [0.25, 0.3) is 0 Å². The van der Waals surface area contributed by atoms with Crippen LogP contribution in [0.1, 0.15) is 17.5 Å². The van der Waals surface area contributed by atoms with Crippen molar-refractivity contribution in [2.75, 3.05) is 24.4 Å². The van der Waals surface area contributed by atoms with Crippen LogP contribution < -0.4 is 5.32 Å². The summed E-state index contributed by atoms with van der Waals surface area (Å²) in [6.07, 6.45) is 2.81. The summed E-state index contributed by atoms with van der Waals surface area (Å²) in [5.41, 5.74) is 2.36. The van der Waals surface area contributed by atoms with E-state index >= 15 is 0 Å². The molecule has 1 amide bonds. The fourth-order valence-corrected chi connectivity index (χ4v) is 4.57. The molecule has 0 fully saturated rings. The van der Waals surface area contributed by atoms with Crippen molar-refractivity contribution in [1.82, 2.24) is 5.32 Å². The van der Waals surface area contributed by atoms with Crippen molar-refractivity contribution in [3.8, 4) is 0 Å². The van der Waals surface area contributed by atoms with Gasteiger partial charge in [-0.3, -0.25) is 4.79 Å². The van der Waals surface area contributed by atoms with Gasteiger partial charge in [-0.05, 0) is 17.5 Å². The van der Waals surface area contributed by atoms with Crippen LogP contribution in [0.5, 0.6) is 0 Å². The number of benzene rings is 2. The van der Waals surface area contributed by atoms with Crippen LogP contribution in [-0.2, 0) is 28.1 Å². The van der Waals surface area contributed by atoms with Crippen LogP contribution in [0.4, 0.5) is 0 Å². The van der Waals surface area contributed by atoms with Gasteiger partial charge in [-0.2, -0.15) is 11.8 Å². The number of carbonyl (C=O) groups excluding carboxylic acids is 1. The summed E-state index contributed by atoms with van der Waals surface area (Å²) in [4.78, 5) is 12.9. The highest BCUT2D eigenvalue weighted by Gasteiger charge is 2.22. The maximum absolute atomic E-state index is 12.9. The van der Waals surface area contributed by atoms with Crippen LogP contribution in [-0.4, -0.2) is 46.0 Å². The van der Waals surface area contributed by atoms with Crippen molar-refractivity contribution in [2.45, 2.75) is 24.6 Å². The lowest BCUT2D eigenvalue weighted by Gasteiger charge is -2.21. The fourth-order valence-electron chi connectivity index (χ4n) is 2.86. The van der Waals surface area contributed by atoms with Gasteiger partial charge in [-0.1, -0.05) is 71.8 Å². The first-order valence-electron chi connectivity index (χ1n) is 9.45. The molecule has 0 aromatic heterocycles. The van der Waals surface area contributed by atoms with E-state index in [0.29, 0.717) is 24.3 Å². The zero-order valence-electron chi connectivity index (χ0n) is 16.3. The van der Waals surface area contributed by atoms with Crippen LogP contribution in [0, 0.1) is 5.92 Å². The van der Waals surface area contributed by atoms with E-state index in [1.807, 2.05) is 48.5 Å². The maximum atomic E-state index is 12.9. The minimum Gasteiger partial charge on any atom is -0.617 e. The van der Waals surface area contributed by atoms with E-state index in [1.165, 1.54) is 5.56 Å². The van der Waals surface area contributed by atoms with E-state index in [-0.39, 0.29) is 24.5 Å². The highest BCUT2D eigenvalue weighted by Crippen LogP contribution is 2.19. The van der Waals surface area contributed by atoms with Crippen LogP contribution in [0.2, 0.25) is 0 Å². The zero-order valence-corrected chi connectivity index (χ0v) is 17.9. The monoisotopic (exact) mass is 419 g/mol. The quantitative estimate of drug-likeness (QED) is 0.519. The highest BCUT2D eigenvalue weighted by molar-refractivity contribution is 7.98. The van der Waals surface area contributed by atoms with Crippen molar-refractivity contribution in [3.05, 3.63) is 71.8 Å². The Morgan fingerprint density at radius 2 is 1.71 bits per heavy atom. The third-order valence-electron chi connectivity index (χ3n) is 4.45. The molecule has 2 rings (SSSR count). The predicted octanol–water partition coefficient (Wildman–Crippen LogP) is 3.02. The Balaban J connectivity index is 1.96. The summed E-state index contributed by atoms with van der Waals surface area (Å²) in [6.45, 7) is -0.141. The molecule has 0 saturated heterocycles. The van der Waals surface area contributed by atoms with Crippen LogP contribution in [0.15, 0.2) is 60.7 Å². The molecule has 2 aromatic carbocycles. The lowest BCUT2D eigenvalue weighted by Crippen LogP contribution is -2.43. The SMILES string of the molecule is C[S+]([O-])CC[C@@H](CO)NC(=O)[C@@H](CSCc1ccccc1)Cc1ccccc1. The van der Waals surface area contributed by atoms with Crippen molar-refractivity contribution < 1.29 is 14.5 Å². The van der Waals surface area contributed by atoms with Gasteiger partial charge >= 0.3 is 0 Å². The van der Waals surface area contributed by atoms with Gasteiger partial charge in [0.05, 0.1) is 24.8 Å². The molecule has 6 heteroatoms. The summed E-state index contributed by atoms with van der Waals surface area (Å²) < 4.78 is 11.3. The summed E-state index contributed by atoms with van der Waals surface area (Å²) in [6, 6.07) is 19.9. The topological polar surface area (TPSA) is 72.4 Å². The second kappa shape index (κ2) is 12.9. The minimum atomic E-state index is -0.937. The van der Waals surface area contributed by atoms with Gasteiger partial charge in [-0.25, -0.2) is 0 Å². The Bertz CT molecular complexity index is 683. The van der Waals surface area contributed by atoms with E-state index in [4.69, 9.17) is 0 Å². The summed E-state index contributed by atoms with van der Waals surface area (Å²) in [5.74, 6) is 1.80. The molecule has 0 aliphatic rings. The number of thioether (sulfide) groups is 1. The summed E-state index contributed by atoms with van der Waals surface area (Å²) in [7, 11) is 0. The molecule has 3 atom stereocenters. The lowest BCUT2D eigenvalue weighted by molar-refractivity contribution is -0.125. The maximum Gasteiger partial charge on any atom is 0.224 e. The van der Waals surface area contributed by atoms with Gasteiger partial charge in [0.2, 0.25) is 5.91 Å². The molecular formula is C22H29NO3S2. The number of hydrogen-bond acceptors (Lipinski definition) is 4. The molecule has 152 valence electrons. The molecule has 1 unspecified atom stereocenters. The first-order chi connectivity index (χ1) is 13.6. The molecule has 4 nitrogen and oxygen atoms in total. The summed E-state index contributed by atoms with van der Waals surface area (Å²) >= 11 is 0.806. The summed E-state index contributed by atoms with van der Waals surface area (Å²) in [5, 5.41) is 12.5. The number of aliphatic hydroxyl groups excluding tert-OH is 1. The van der Waals surface area contributed by atoms with Crippen molar-refractivity contribution >= 4 is 28.8 Å². The van der Waals surface area contributed by atoms with Gasteiger partial charge in [-0.15, -0.1) is 0 Å². The van der Waals surface area contributed by atoms with Crippen LogP contribution >= 0.6 is 11.8 Å². The number of carbonyl (C=O) groups is 1. The van der Waals surface area contributed by atoms with Gasteiger partial charge < -0.3 is 15.0 Å². The zero-order chi connectivity index (χ0) is 20.2. The average molecular weight is 420 g/mol. The molecule has 2 aromatic rings. The molecule has 0 bridgehead atoms. The standard InChI is InChI=1S/C22H29NO3S2/c1-28(26)13-12-21(15-24)23-22(25)20(14-18-8-4-2-5-9-18)17-27-16-19-10-6-3-7-11-19/h2-11,20-21,24H,12-17H2,1H3,(H,23,25)/t20-,21+,28?/m1/s1. The Morgan fingerprint density at radius 1 is 1.11 bits per heavy atom. The largest absolute Gasteiger partial charge is 0.617 e. The van der Waals surface area contributed by atoms with Gasteiger partial charge in [0.1, 0.15) is 5.75 Å². The third kappa shape index (κ3) is 8.69. The first kappa shape index (κ1) is 22.8. The Labute approximate surface area is 175 Å². The normalized spacial score (nSPS) is 14.2. The lowest BCUT2D eigenvalue weighted by atomic mass is 9.99. The van der Waals surface area contributed by atoms with E-state index in [2.05, 4.69) is 17.4 Å². The molecule has 28 heavy (non-hydrogen) atoms. The minimum absolute atomic E-state index is 0.0506. The van der Waals surface area contributed by atoms with Crippen LogP contribution in [0.3, 0.4) is 0 Å². The molecule has 0 spiro atoms.